The first-order valence-electron chi connectivity index (χ1n) is 6.72. The summed E-state index contributed by atoms with van der Waals surface area (Å²) in [6.07, 6.45) is 6.98. The summed E-state index contributed by atoms with van der Waals surface area (Å²) in [5.41, 5.74) is 3.51. The van der Waals surface area contributed by atoms with Crippen LogP contribution in [0.25, 0.3) is 0 Å². The molecule has 0 aromatic heterocycles. The quantitative estimate of drug-likeness (QED) is 0.650. The molecule has 0 amide bonds. The molecule has 16 heavy (non-hydrogen) atoms. The molecule has 1 aliphatic rings. The molecule has 0 N–H and O–H groups in total. The van der Waals surface area contributed by atoms with Gasteiger partial charge in [0.2, 0.25) is 0 Å². The van der Waals surface area contributed by atoms with Crippen LogP contribution in [0.4, 0.5) is 0 Å². The Morgan fingerprint density at radius 2 is 1.75 bits per heavy atom. The SMILES string of the molecule is CC(C)c1cccc(C2(C)CCCCC2)c1. The van der Waals surface area contributed by atoms with Gasteiger partial charge in [0.1, 0.15) is 0 Å². The maximum atomic E-state index is 2.45. The molecular weight excluding hydrogens is 192 g/mol. The standard InChI is InChI=1S/C16H24/c1-13(2)14-8-7-9-15(12-14)16(3)10-5-4-6-11-16/h7-9,12-13H,4-6,10-11H2,1-3H3. The van der Waals surface area contributed by atoms with E-state index in [1.807, 2.05) is 0 Å². The summed E-state index contributed by atoms with van der Waals surface area (Å²) in [7, 11) is 0. The Morgan fingerprint density at radius 1 is 1.06 bits per heavy atom. The fourth-order valence-electron chi connectivity index (χ4n) is 2.89. The minimum Gasteiger partial charge on any atom is -0.0617 e. The average molecular weight is 216 g/mol. The van der Waals surface area contributed by atoms with E-state index in [0.29, 0.717) is 11.3 Å². The first-order chi connectivity index (χ1) is 7.62. The van der Waals surface area contributed by atoms with Crippen LogP contribution in [0.3, 0.4) is 0 Å². The van der Waals surface area contributed by atoms with Crippen molar-refractivity contribution in [2.75, 3.05) is 0 Å². The second-order valence-electron chi connectivity index (χ2n) is 5.90. The Bertz CT molecular complexity index is 343. The molecule has 0 spiro atoms. The third-order valence-electron chi connectivity index (χ3n) is 4.21. The monoisotopic (exact) mass is 216 g/mol. The van der Waals surface area contributed by atoms with Gasteiger partial charge in [0.15, 0.2) is 0 Å². The molecule has 0 saturated heterocycles. The van der Waals surface area contributed by atoms with Gasteiger partial charge in [-0.3, -0.25) is 0 Å². The molecule has 1 aliphatic carbocycles. The molecule has 0 nitrogen and oxygen atoms in total. The van der Waals surface area contributed by atoms with Gasteiger partial charge in [0.25, 0.3) is 0 Å². The lowest BCUT2D eigenvalue weighted by atomic mass is 9.70. The number of hydrogen-bond acceptors (Lipinski definition) is 0. The van der Waals surface area contributed by atoms with Gasteiger partial charge < -0.3 is 0 Å². The van der Waals surface area contributed by atoms with Gasteiger partial charge in [-0.2, -0.15) is 0 Å². The largest absolute Gasteiger partial charge is 0.0617 e. The number of rotatable bonds is 2. The third kappa shape index (κ3) is 2.31. The Kier molecular flexibility index (Phi) is 3.37. The van der Waals surface area contributed by atoms with Crippen LogP contribution in [0, 0.1) is 0 Å². The van der Waals surface area contributed by atoms with Crippen LogP contribution in [-0.2, 0) is 5.41 Å². The van der Waals surface area contributed by atoms with Crippen molar-refractivity contribution < 1.29 is 0 Å². The van der Waals surface area contributed by atoms with Crippen LogP contribution in [0.5, 0.6) is 0 Å². The van der Waals surface area contributed by atoms with Gasteiger partial charge in [-0.1, -0.05) is 64.3 Å². The van der Waals surface area contributed by atoms with Crippen molar-refractivity contribution in [1.82, 2.24) is 0 Å². The van der Waals surface area contributed by atoms with Crippen molar-refractivity contribution in [2.45, 2.75) is 64.2 Å². The fourth-order valence-corrected chi connectivity index (χ4v) is 2.89. The lowest BCUT2D eigenvalue weighted by Crippen LogP contribution is -2.25. The smallest absolute Gasteiger partial charge is 0.00751 e. The van der Waals surface area contributed by atoms with Crippen molar-refractivity contribution in [3.05, 3.63) is 35.4 Å². The molecule has 0 heterocycles. The molecule has 1 aromatic carbocycles. The summed E-state index contributed by atoms with van der Waals surface area (Å²) in [5.74, 6) is 0.646. The van der Waals surface area contributed by atoms with Crippen molar-refractivity contribution in [3.63, 3.8) is 0 Å². The first kappa shape index (κ1) is 11.7. The Balaban J connectivity index is 2.28. The van der Waals surface area contributed by atoms with E-state index in [2.05, 4.69) is 45.0 Å². The topological polar surface area (TPSA) is 0 Å². The molecule has 0 heteroatoms. The van der Waals surface area contributed by atoms with Gasteiger partial charge >= 0.3 is 0 Å². The van der Waals surface area contributed by atoms with E-state index in [9.17, 15) is 0 Å². The lowest BCUT2D eigenvalue weighted by Gasteiger charge is -2.34. The van der Waals surface area contributed by atoms with Crippen molar-refractivity contribution in [2.24, 2.45) is 0 Å². The van der Waals surface area contributed by atoms with E-state index in [1.54, 1.807) is 5.56 Å². The summed E-state index contributed by atoms with van der Waals surface area (Å²) < 4.78 is 0. The summed E-state index contributed by atoms with van der Waals surface area (Å²) in [5, 5.41) is 0. The van der Waals surface area contributed by atoms with Crippen molar-refractivity contribution in [1.29, 1.82) is 0 Å². The molecule has 0 radical (unpaired) electrons. The van der Waals surface area contributed by atoms with E-state index in [-0.39, 0.29) is 0 Å². The van der Waals surface area contributed by atoms with E-state index >= 15 is 0 Å². The minimum atomic E-state index is 0.448. The minimum absolute atomic E-state index is 0.448. The predicted octanol–water partition coefficient (Wildman–Crippen LogP) is 5.03. The molecule has 2 rings (SSSR count). The van der Waals surface area contributed by atoms with Crippen LogP contribution in [0.15, 0.2) is 24.3 Å². The number of hydrogen-bond donors (Lipinski definition) is 0. The van der Waals surface area contributed by atoms with Crippen LogP contribution >= 0.6 is 0 Å². The molecule has 0 unspecified atom stereocenters. The summed E-state index contributed by atoms with van der Waals surface area (Å²) in [6.45, 7) is 7.01. The second kappa shape index (κ2) is 4.61. The maximum Gasteiger partial charge on any atom is -0.00751 e. The molecule has 0 bridgehead atoms. The highest BCUT2D eigenvalue weighted by molar-refractivity contribution is 5.31. The molecular formula is C16H24. The van der Waals surface area contributed by atoms with E-state index in [1.165, 1.54) is 37.7 Å². The zero-order valence-corrected chi connectivity index (χ0v) is 10.9. The van der Waals surface area contributed by atoms with Gasteiger partial charge in [-0.25, -0.2) is 0 Å². The summed E-state index contributed by atoms with van der Waals surface area (Å²) in [6, 6.07) is 9.28. The first-order valence-corrected chi connectivity index (χ1v) is 6.72. The van der Waals surface area contributed by atoms with Crippen LogP contribution in [0.2, 0.25) is 0 Å². The van der Waals surface area contributed by atoms with Crippen molar-refractivity contribution >= 4 is 0 Å². The van der Waals surface area contributed by atoms with E-state index in [4.69, 9.17) is 0 Å². The van der Waals surface area contributed by atoms with Gasteiger partial charge in [-0.15, -0.1) is 0 Å². The highest BCUT2D eigenvalue weighted by Crippen LogP contribution is 2.39. The Hall–Kier alpha value is -0.780. The van der Waals surface area contributed by atoms with E-state index < -0.39 is 0 Å². The predicted molar refractivity (Wildman–Crippen MR) is 71.0 cm³/mol. The van der Waals surface area contributed by atoms with Gasteiger partial charge in [0, 0.05) is 0 Å². The molecule has 0 aliphatic heterocycles. The maximum absolute atomic E-state index is 2.45. The zero-order valence-electron chi connectivity index (χ0n) is 10.9. The molecule has 1 fully saturated rings. The Labute approximate surface area is 100 Å². The van der Waals surface area contributed by atoms with Gasteiger partial charge in [0.05, 0.1) is 0 Å². The van der Waals surface area contributed by atoms with Gasteiger partial charge in [-0.05, 0) is 35.3 Å². The zero-order chi connectivity index (χ0) is 11.6. The fraction of sp³-hybridized carbons (Fsp3) is 0.625. The van der Waals surface area contributed by atoms with Crippen molar-refractivity contribution in [3.8, 4) is 0 Å². The third-order valence-corrected chi connectivity index (χ3v) is 4.21. The molecule has 1 saturated carbocycles. The highest BCUT2D eigenvalue weighted by Gasteiger charge is 2.28. The lowest BCUT2D eigenvalue weighted by molar-refractivity contribution is 0.319. The molecule has 0 atom stereocenters. The Morgan fingerprint density at radius 3 is 2.38 bits per heavy atom. The summed E-state index contributed by atoms with van der Waals surface area (Å²) in [4.78, 5) is 0. The highest BCUT2D eigenvalue weighted by atomic mass is 14.3. The second-order valence-corrected chi connectivity index (χ2v) is 5.90. The van der Waals surface area contributed by atoms with Crippen LogP contribution in [0.1, 0.15) is 69.9 Å². The molecule has 88 valence electrons. The normalized spacial score (nSPS) is 20.0. The van der Waals surface area contributed by atoms with Crippen LogP contribution < -0.4 is 0 Å². The van der Waals surface area contributed by atoms with E-state index in [0.717, 1.165) is 0 Å². The van der Waals surface area contributed by atoms with Crippen LogP contribution in [-0.4, -0.2) is 0 Å². The average Bonchev–Trinajstić information content (AvgIpc) is 2.30. The number of benzene rings is 1. The molecule has 1 aromatic rings. The summed E-state index contributed by atoms with van der Waals surface area (Å²) >= 11 is 0.